The van der Waals surface area contributed by atoms with Gasteiger partial charge in [0.15, 0.2) is 5.82 Å². The average Bonchev–Trinajstić information content (AvgIpc) is 3.16. The van der Waals surface area contributed by atoms with Gasteiger partial charge in [0.2, 0.25) is 5.91 Å². The van der Waals surface area contributed by atoms with E-state index in [2.05, 4.69) is 20.8 Å². The Labute approximate surface area is 174 Å². The molecule has 3 aliphatic rings. The van der Waals surface area contributed by atoms with Crippen molar-refractivity contribution in [2.24, 2.45) is 22.7 Å². The molecule has 2 unspecified atom stereocenters. The van der Waals surface area contributed by atoms with Gasteiger partial charge in [-0.1, -0.05) is 39.0 Å². The monoisotopic (exact) mass is 414 g/mol. The molecule has 2 saturated carbocycles. The number of rotatable bonds is 3. The van der Waals surface area contributed by atoms with Gasteiger partial charge in [-0.3, -0.25) is 4.79 Å². The number of hydrogen-bond acceptors (Lipinski definition) is 2. The smallest absolute Gasteiger partial charge is 0.246 e. The van der Waals surface area contributed by atoms with Crippen LogP contribution in [0.3, 0.4) is 0 Å². The van der Waals surface area contributed by atoms with E-state index < -0.39 is 11.6 Å². The van der Waals surface area contributed by atoms with Gasteiger partial charge in [0, 0.05) is 24.2 Å². The number of fused-ring (bicyclic) bond motifs is 5. The predicted octanol–water partition coefficient (Wildman–Crippen LogP) is 5.31. The zero-order valence-corrected chi connectivity index (χ0v) is 17.3. The van der Waals surface area contributed by atoms with E-state index in [-0.39, 0.29) is 52.7 Å². The number of halogens is 3. The Hall–Kier alpha value is -2.34. The third-order valence-corrected chi connectivity index (χ3v) is 8.30. The van der Waals surface area contributed by atoms with Gasteiger partial charge in [0.05, 0.1) is 11.6 Å². The summed E-state index contributed by atoms with van der Waals surface area (Å²) in [5.41, 5.74) is 0.239. The Morgan fingerprint density at radius 1 is 1.03 bits per heavy atom. The maximum atomic E-state index is 14.8. The van der Waals surface area contributed by atoms with Crippen molar-refractivity contribution in [2.45, 2.75) is 46.2 Å². The van der Waals surface area contributed by atoms with Gasteiger partial charge < -0.3 is 0 Å². The second-order valence-corrected chi connectivity index (χ2v) is 9.69. The fourth-order valence-corrected chi connectivity index (χ4v) is 6.43. The maximum Gasteiger partial charge on any atom is 0.246 e. The summed E-state index contributed by atoms with van der Waals surface area (Å²) in [4.78, 5) is 13.7. The first-order valence-electron chi connectivity index (χ1n) is 10.5. The van der Waals surface area contributed by atoms with Gasteiger partial charge in [-0.25, -0.2) is 23.2 Å². The van der Waals surface area contributed by atoms with Crippen molar-refractivity contribution in [1.29, 1.82) is 0 Å². The van der Waals surface area contributed by atoms with E-state index in [0.29, 0.717) is 5.56 Å². The highest BCUT2D eigenvalue weighted by molar-refractivity contribution is 5.98. The highest BCUT2D eigenvalue weighted by Crippen LogP contribution is 2.71. The lowest BCUT2D eigenvalue weighted by Gasteiger charge is -2.44. The second kappa shape index (κ2) is 6.33. The minimum atomic E-state index is -0.793. The molecule has 1 aliphatic heterocycles. The molecule has 5 rings (SSSR count). The lowest BCUT2D eigenvalue weighted by atomic mass is 9.69. The van der Waals surface area contributed by atoms with Crippen LogP contribution in [0.2, 0.25) is 0 Å². The van der Waals surface area contributed by atoms with Gasteiger partial charge in [-0.2, -0.15) is 0 Å². The normalized spacial score (nSPS) is 32.1. The van der Waals surface area contributed by atoms with Crippen LogP contribution in [0, 0.1) is 40.1 Å². The van der Waals surface area contributed by atoms with Gasteiger partial charge in [0.25, 0.3) is 0 Å². The van der Waals surface area contributed by atoms with Crippen molar-refractivity contribution >= 4 is 11.6 Å². The zero-order chi connectivity index (χ0) is 21.4. The molecule has 158 valence electrons. The van der Waals surface area contributed by atoms with Crippen LogP contribution in [-0.4, -0.2) is 17.0 Å². The summed E-state index contributed by atoms with van der Waals surface area (Å²) in [7, 11) is 0. The van der Waals surface area contributed by atoms with E-state index in [1.165, 1.54) is 17.1 Å². The Morgan fingerprint density at radius 2 is 1.77 bits per heavy atom. The first kappa shape index (κ1) is 19.6. The SMILES string of the molecule is CC1(C)[C@@H]2CC[C@@]1(C)C1C2C(=O)N(c2ccc(F)cc2F)N1Cc1ccccc1F. The first-order valence-corrected chi connectivity index (χ1v) is 10.5. The third-order valence-electron chi connectivity index (χ3n) is 8.30. The van der Waals surface area contributed by atoms with Crippen molar-refractivity contribution in [3.8, 4) is 0 Å². The van der Waals surface area contributed by atoms with E-state index >= 15 is 0 Å². The van der Waals surface area contributed by atoms with Crippen molar-refractivity contribution in [3.05, 3.63) is 65.5 Å². The number of benzene rings is 2. The minimum Gasteiger partial charge on any atom is -0.273 e. The van der Waals surface area contributed by atoms with E-state index in [1.54, 1.807) is 18.2 Å². The highest BCUT2D eigenvalue weighted by atomic mass is 19.1. The third kappa shape index (κ3) is 2.40. The lowest BCUT2D eigenvalue weighted by molar-refractivity contribution is -0.122. The molecule has 6 heteroatoms. The highest BCUT2D eigenvalue weighted by Gasteiger charge is 2.73. The summed E-state index contributed by atoms with van der Waals surface area (Å²) < 4.78 is 42.8. The van der Waals surface area contributed by atoms with Gasteiger partial charge in [-0.05, 0) is 47.8 Å². The van der Waals surface area contributed by atoms with Crippen LogP contribution in [0.25, 0.3) is 0 Å². The maximum absolute atomic E-state index is 14.8. The van der Waals surface area contributed by atoms with Crippen LogP contribution in [0.15, 0.2) is 42.5 Å². The van der Waals surface area contributed by atoms with E-state index in [9.17, 15) is 18.0 Å². The number of hydrogen-bond donors (Lipinski definition) is 0. The predicted molar refractivity (Wildman–Crippen MR) is 108 cm³/mol. The van der Waals surface area contributed by atoms with E-state index in [4.69, 9.17) is 0 Å². The van der Waals surface area contributed by atoms with Gasteiger partial charge in [0.1, 0.15) is 11.6 Å². The van der Waals surface area contributed by atoms with Crippen molar-refractivity contribution < 1.29 is 18.0 Å². The molecule has 1 heterocycles. The average molecular weight is 414 g/mol. The number of hydrazine groups is 1. The lowest BCUT2D eigenvalue weighted by Crippen LogP contribution is -2.50. The molecule has 1 amide bonds. The largest absolute Gasteiger partial charge is 0.273 e. The van der Waals surface area contributed by atoms with Crippen LogP contribution >= 0.6 is 0 Å². The number of carbonyl (C=O) groups excluding carboxylic acids is 1. The molecule has 30 heavy (non-hydrogen) atoms. The summed E-state index contributed by atoms with van der Waals surface area (Å²) >= 11 is 0. The summed E-state index contributed by atoms with van der Waals surface area (Å²) in [6.45, 7) is 6.76. The summed E-state index contributed by atoms with van der Waals surface area (Å²) in [6, 6.07) is 9.53. The standard InChI is InChI=1S/C24H25F3N2O/c1-23(2)16-10-11-24(23,3)21-20(16)22(30)29(19-9-8-15(25)12-18(19)27)28(21)13-14-6-4-5-7-17(14)26/h4-9,12,16,20-21H,10-11,13H2,1-3H3/t16-,20?,21?,24+/m1/s1. The van der Waals surface area contributed by atoms with Crippen molar-refractivity contribution in [2.75, 3.05) is 5.01 Å². The molecule has 0 radical (unpaired) electrons. The van der Waals surface area contributed by atoms with Crippen LogP contribution in [0.1, 0.15) is 39.2 Å². The molecule has 2 aliphatic carbocycles. The molecule has 4 atom stereocenters. The molecule has 2 aromatic carbocycles. The van der Waals surface area contributed by atoms with Crippen molar-refractivity contribution in [3.63, 3.8) is 0 Å². The molecule has 0 spiro atoms. The molecule has 2 aromatic rings. The summed E-state index contributed by atoms with van der Waals surface area (Å²) in [5.74, 6) is -2.13. The Kier molecular flexibility index (Phi) is 4.14. The Morgan fingerprint density at radius 3 is 2.47 bits per heavy atom. The number of amides is 1. The topological polar surface area (TPSA) is 23.6 Å². The summed E-state index contributed by atoms with van der Waals surface area (Å²) in [5, 5.41) is 3.19. The molecule has 0 N–H and O–H groups in total. The molecule has 2 bridgehead atoms. The molecule has 3 fully saturated rings. The molecular weight excluding hydrogens is 389 g/mol. The first-order chi connectivity index (χ1) is 14.2. The fourth-order valence-electron chi connectivity index (χ4n) is 6.43. The molecule has 1 saturated heterocycles. The van der Waals surface area contributed by atoms with Crippen molar-refractivity contribution in [1.82, 2.24) is 5.01 Å². The van der Waals surface area contributed by atoms with Crippen LogP contribution in [-0.2, 0) is 11.3 Å². The summed E-state index contributed by atoms with van der Waals surface area (Å²) in [6.07, 6.45) is 1.91. The number of nitrogens with zero attached hydrogens (tertiary/aromatic N) is 2. The number of carbonyl (C=O) groups is 1. The van der Waals surface area contributed by atoms with E-state index in [0.717, 1.165) is 25.0 Å². The Bertz CT molecular complexity index is 1040. The fraction of sp³-hybridized carbons (Fsp3) is 0.458. The van der Waals surface area contributed by atoms with Gasteiger partial charge in [-0.15, -0.1) is 0 Å². The molecule has 0 aromatic heterocycles. The minimum absolute atomic E-state index is 0.0212. The molecule has 3 nitrogen and oxygen atoms in total. The van der Waals surface area contributed by atoms with Crippen LogP contribution in [0.4, 0.5) is 18.9 Å². The number of anilines is 1. The second-order valence-electron chi connectivity index (χ2n) is 9.69. The van der Waals surface area contributed by atoms with Crippen LogP contribution < -0.4 is 5.01 Å². The molecular formula is C24H25F3N2O. The zero-order valence-electron chi connectivity index (χ0n) is 17.3. The van der Waals surface area contributed by atoms with Gasteiger partial charge >= 0.3 is 0 Å². The Balaban J connectivity index is 1.65. The van der Waals surface area contributed by atoms with E-state index in [1.807, 2.05) is 5.01 Å². The quantitative estimate of drug-likeness (QED) is 0.680. The van der Waals surface area contributed by atoms with Crippen LogP contribution in [0.5, 0.6) is 0 Å².